The lowest BCUT2D eigenvalue weighted by Crippen LogP contribution is -2.39. The summed E-state index contributed by atoms with van der Waals surface area (Å²) in [6.45, 7) is 9.00. The van der Waals surface area contributed by atoms with E-state index < -0.39 is 6.10 Å². The number of amides is 1. The van der Waals surface area contributed by atoms with E-state index >= 15 is 0 Å². The first-order valence-electron chi connectivity index (χ1n) is 9.26. The van der Waals surface area contributed by atoms with Gasteiger partial charge < -0.3 is 14.8 Å². The number of rotatable bonds is 9. The highest BCUT2D eigenvalue weighted by Gasteiger charge is 2.17. The van der Waals surface area contributed by atoms with E-state index in [9.17, 15) is 4.79 Å². The Morgan fingerprint density at radius 3 is 2.23 bits per heavy atom. The van der Waals surface area contributed by atoms with E-state index in [0.717, 1.165) is 29.0 Å². The third kappa shape index (κ3) is 6.10. The standard InChI is InChI=1S/C22H29NO3/c1-5-18-7-9-19(10-8-18)26-21(6-2)22(24)23-11-12-25-20-14-16(3)13-17(4)15-20/h7-10,13-15,21H,5-6,11-12H2,1-4H3,(H,23,24). The van der Waals surface area contributed by atoms with Crippen molar-refractivity contribution in [2.24, 2.45) is 0 Å². The minimum absolute atomic E-state index is 0.115. The molecule has 4 heteroatoms. The first-order valence-corrected chi connectivity index (χ1v) is 9.26. The molecule has 0 saturated carbocycles. The van der Waals surface area contributed by atoms with E-state index in [4.69, 9.17) is 9.47 Å². The molecule has 0 heterocycles. The smallest absolute Gasteiger partial charge is 0.261 e. The van der Waals surface area contributed by atoms with Crippen LogP contribution in [0.2, 0.25) is 0 Å². The number of hydrogen-bond acceptors (Lipinski definition) is 3. The molecule has 1 unspecified atom stereocenters. The number of ether oxygens (including phenoxy) is 2. The highest BCUT2D eigenvalue weighted by molar-refractivity contribution is 5.81. The van der Waals surface area contributed by atoms with Gasteiger partial charge in [0.25, 0.3) is 5.91 Å². The molecule has 0 bridgehead atoms. The third-order valence-electron chi connectivity index (χ3n) is 4.14. The summed E-state index contributed by atoms with van der Waals surface area (Å²) in [6, 6.07) is 14.0. The van der Waals surface area contributed by atoms with Crippen LogP contribution in [0.1, 0.15) is 37.0 Å². The normalized spacial score (nSPS) is 11.7. The SMILES string of the molecule is CCc1ccc(OC(CC)C(=O)NCCOc2cc(C)cc(C)c2)cc1. The van der Waals surface area contributed by atoms with Gasteiger partial charge in [0.15, 0.2) is 6.10 Å². The first-order chi connectivity index (χ1) is 12.5. The highest BCUT2D eigenvalue weighted by atomic mass is 16.5. The second kappa shape index (κ2) is 9.85. The predicted octanol–water partition coefficient (Wildman–Crippen LogP) is 4.22. The zero-order valence-electron chi connectivity index (χ0n) is 16.2. The molecular formula is C22H29NO3. The fourth-order valence-corrected chi connectivity index (χ4v) is 2.76. The van der Waals surface area contributed by atoms with Crippen molar-refractivity contribution in [1.82, 2.24) is 5.32 Å². The predicted molar refractivity (Wildman–Crippen MR) is 105 cm³/mol. The molecule has 1 amide bonds. The second-order valence-corrected chi connectivity index (χ2v) is 6.48. The lowest BCUT2D eigenvalue weighted by atomic mass is 10.1. The van der Waals surface area contributed by atoms with Gasteiger partial charge in [0.1, 0.15) is 18.1 Å². The zero-order chi connectivity index (χ0) is 18.9. The van der Waals surface area contributed by atoms with Crippen molar-refractivity contribution in [1.29, 1.82) is 0 Å². The van der Waals surface area contributed by atoms with E-state index in [0.29, 0.717) is 19.6 Å². The highest BCUT2D eigenvalue weighted by Crippen LogP contribution is 2.17. The molecule has 1 N–H and O–H groups in total. The Kier molecular flexibility index (Phi) is 7.52. The lowest BCUT2D eigenvalue weighted by molar-refractivity contribution is -0.128. The number of carbonyl (C=O) groups is 1. The van der Waals surface area contributed by atoms with Crippen molar-refractivity contribution in [3.63, 3.8) is 0 Å². The minimum atomic E-state index is -0.497. The zero-order valence-corrected chi connectivity index (χ0v) is 16.2. The second-order valence-electron chi connectivity index (χ2n) is 6.48. The quantitative estimate of drug-likeness (QED) is 0.685. The molecule has 0 aliphatic rings. The summed E-state index contributed by atoms with van der Waals surface area (Å²) < 4.78 is 11.5. The van der Waals surface area contributed by atoms with E-state index in [1.165, 1.54) is 5.56 Å². The molecule has 0 aliphatic carbocycles. The van der Waals surface area contributed by atoms with Gasteiger partial charge >= 0.3 is 0 Å². The van der Waals surface area contributed by atoms with Gasteiger partial charge in [-0.1, -0.05) is 32.0 Å². The van der Waals surface area contributed by atoms with Crippen molar-refractivity contribution < 1.29 is 14.3 Å². The van der Waals surface area contributed by atoms with Crippen LogP contribution in [0.15, 0.2) is 42.5 Å². The molecule has 0 saturated heterocycles. The van der Waals surface area contributed by atoms with Gasteiger partial charge in [-0.3, -0.25) is 4.79 Å². The maximum absolute atomic E-state index is 12.3. The molecule has 0 radical (unpaired) electrons. The maximum Gasteiger partial charge on any atom is 0.261 e. The number of benzene rings is 2. The third-order valence-corrected chi connectivity index (χ3v) is 4.14. The summed E-state index contributed by atoms with van der Waals surface area (Å²) in [7, 11) is 0. The van der Waals surface area contributed by atoms with Gasteiger partial charge in [0.05, 0.1) is 6.54 Å². The summed E-state index contributed by atoms with van der Waals surface area (Å²) in [5.74, 6) is 1.43. The Morgan fingerprint density at radius 1 is 1.00 bits per heavy atom. The van der Waals surface area contributed by atoms with E-state index in [1.54, 1.807) is 0 Å². The van der Waals surface area contributed by atoms with Gasteiger partial charge in [-0.25, -0.2) is 0 Å². The van der Waals surface area contributed by atoms with Crippen molar-refractivity contribution in [3.05, 3.63) is 59.2 Å². The summed E-state index contributed by atoms with van der Waals surface area (Å²) in [5.41, 5.74) is 3.58. The van der Waals surface area contributed by atoms with Crippen molar-refractivity contribution >= 4 is 5.91 Å². The van der Waals surface area contributed by atoms with Gasteiger partial charge in [0, 0.05) is 0 Å². The monoisotopic (exact) mass is 355 g/mol. The van der Waals surface area contributed by atoms with Gasteiger partial charge in [-0.15, -0.1) is 0 Å². The topological polar surface area (TPSA) is 47.6 Å². The molecule has 2 aromatic rings. The molecule has 2 aromatic carbocycles. The fourth-order valence-electron chi connectivity index (χ4n) is 2.76. The number of hydrogen-bond donors (Lipinski definition) is 1. The van der Waals surface area contributed by atoms with Crippen LogP contribution >= 0.6 is 0 Å². The Labute approximate surface area is 156 Å². The molecule has 0 fully saturated rings. The molecular weight excluding hydrogens is 326 g/mol. The molecule has 140 valence electrons. The van der Waals surface area contributed by atoms with Crippen LogP contribution in [-0.4, -0.2) is 25.2 Å². The van der Waals surface area contributed by atoms with Gasteiger partial charge in [0.2, 0.25) is 0 Å². The van der Waals surface area contributed by atoms with Crippen LogP contribution in [0.3, 0.4) is 0 Å². The van der Waals surface area contributed by atoms with Gasteiger partial charge in [-0.2, -0.15) is 0 Å². The average molecular weight is 355 g/mol. The summed E-state index contributed by atoms with van der Waals surface area (Å²) in [6.07, 6.45) is 1.10. The Balaban J connectivity index is 1.79. The Hall–Kier alpha value is -2.49. The van der Waals surface area contributed by atoms with Crippen LogP contribution in [0.4, 0.5) is 0 Å². The van der Waals surface area contributed by atoms with Crippen molar-refractivity contribution in [3.8, 4) is 11.5 Å². The first kappa shape index (κ1) is 19.8. The summed E-state index contributed by atoms with van der Waals surface area (Å²) in [5, 5.41) is 2.89. The van der Waals surface area contributed by atoms with Crippen LogP contribution in [-0.2, 0) is 11.2 Å². The van der Waals surface area contributed by atoms with Crippen LogP contribution in [0.5, 0.6) is 11.5 Å². The molecule has 0 spiro atoms. The van der Waals surface area contributed by atoms with Crippen molar-refractivity contribution in [2.45, 2.75) is 46.6 Å². The summed E-state index contributed by atoms with van der Waals surface area (Å²) in [4.78, 5) is 12.3. The number of nitrogens with one attached hydrogen (secondary N) is 1. The average Bonchev–Trinajstić information content (AvgIpc) is 2.62. The van der Waals surface area contributed by atoms with Crippen LogP contribution < -0.4 is 14.8 Å². The Bertz CT molecular complexity index is 690. The van der Waals surface area contributed by atoms with E-state index in [2.05, 4.69) is 18.3 Å². The molecule has 0 aromatic heterocycles. The van der Waals surface area contributed by atoms with E-state index in [1.807, 2.05) is 57.2 Å². The molecule has 4 nitrogen and oxygen atoms in total. The largest absolute Gasteiger partial charge is 0.492 e. The maximum atomic E-state index is 12.3. The van der Waals surface area contributed by atoms with Crippen LogP contribution in [0, 0.1) is 13.8 Å². The molecule has 0 aliphatic heterocycles. The summed E-state index contributed by atoms with van der Waals surface area (Å²) >= 11 is 0. The van der Waals surface area contributed by atoms with E-state index in [-0.39, 0.29) is 5.91 Å². The Morgan fingerprint density at radius 2 is 1.65 bits per heavy atom. The number of carbonyl (C=O) groups excluding carboxylic acids is 1. The molecule has 1 atom stereocenters. The fraction of sp³-hybridized carbons (Fsp3) is 0.409. The van der Waals surface area contributed by atoms with Crippen molar-refractivity contribution in [2.75, 3.05) is 13.2 Å². The van der Waals surface area contributed by atoms with Gasteiger partial charge in [-0.05, 0) is 67.6 Å². The minimum Gasteiger partial charge on any atom is -0.492 e. The molecule has 2 rings (SSSR count). The molecule has 26 heavy (non-hydrogen) atoms. The number of aryl methyl sites for hydroxylation is 3. The lowest BCUT2D eigenvalue weighted by Gasteiger charge is -2.17. The van der Waals surface area contributed by atoms with Crippen LogP contribution in [0.25, 0.3) is 0 Å².